The quantitative estimate of drug-likeness (QED) is 0.664. The van der Waals surface area contributed by atoms with Crippen molar-refractivity contribution in [3.63, 3.8) is 0 Å². The fourth-order valence-electron chi connectivity index (χ4n) is 1.50. The summed E-state index contributed by atoms with van der Waals surface area (Å²) >= 11 is 0. The summed E-state index contributed by atoms with van der Waals surface area (Å²) in [7, 11) is 0. The summed E-state index contributed by atoms with van der Waals surface area (Å²) in [5.74, 6) is -6.08. The Hall–Kier alpha value is -1.73. The molecule has 1 aromatic rings. The van der Waals surface area contributed by atoms with E-state index in [9.17, 15) is 18.4 Å². The van der Waals surface area contributed by atoms with E-state index >= 15 is 0 Å². The first-order chi connectivity index (χ1) is 9.28. The molecular formula is C13H16ClF2NO4. The predicted octanol–water partition coefficient (Wildman–Crippen LogP) is 2.23. The number of hydrogen-bond donors (Lipinski definition) is 1. The molecule has 2 N–H and O–H groups in total. The van der Waals surface area contributed by atoms with Crippen LogP contribution in [-0.2, 0) is 14.3 Å². The molecule has 0 amide bonds. The zero-order chi connectivity index (χ0) is 15.3. The summed E-state index contributed by atoms with van der Waals surface area (Å²) in [6, 6.07) is 3.41. The van der Waals surface area contributed by atoms with Crippen LogP contribution in [-0.4, -0.2) is 24.5 Å². The lowest BCUT2D eigenvalue weighted by atomic mass is 10.0. The number of halogens is 3. The summed E-state index contributed by atoms with van der Waals surface area (Å²) in [5.41, 5.74) is 5.37. The second kappa shape index (κ2) is 7.90. The molecule has 0 heterocycles. The van der Waals surface area contributed by atoms with Crippen LogP contribution in [0.4, 0.5) is 8.78 Å². The molecule has 0 saturated carbocycles. The highest BCUT2D eigenvalue weighted by molar-refractivity contribution is 5.85. The van der Waals surface area contributed by atoms with Crippen LogP contribution < -0.4 is 10.5 Å². The van der Waals surface area contributed by atoms with Crippen molar-refractivity contribution in [2.24, 2.45) is 5.73 Å². The smallest absolute Gasteiger partial charge is 0.379 e. The Morgan fingerprint density at radius 3 is 2.52 bits per heavy atom. The third-order valence-electron chi connectivity index (χ3n) is 2.42. The van der Waals surface area contributed by atoms with Gasteiger partial charge in [-0.2, -0.15) is 8.78 Å². The number of carbonyl (C=O) groups excluding carboxylic acids is 2. The normalized spacial score (nSPS) is 12.0. The average Bonchev–Trinajstić information content (AvgIpc) is 2.37. The number of rotatable bonds is 5. The van der Waals surface area contributed by atoms with Crippen LogP contribution in [0.1, 0.15) is 25.5 Å². The Kier molecular flexibility index (Phi) is 7.25. The topological polar surface area (TPSA) is 78.6 Å². The highest BCUT2D eigenvalue weighted by Gasteiger charge is 2.47. The molecule has 1 atom stereocenters. The molecule has 0 bridgehead atoms. The van der Waals surface area contributed by atoms with Gasteiger partial charge in [0, 0.05) is 6.92 Å². The Labute approximate surface area is 126 Å². The highest BCUT2D eigenvalue weighted by Crippen LogP contribution is 2.32. The molecule has 0 radical (unpaired) electrons. The van der Waals surface area contributed by atoms with Gasteiger partial charge in [-0.3, -0.25) is 4.79 Å². The second-order valence-corrected chi connectivity index (χ2v) is 3.99. The molecule has 0 saturated heterocycles. The minimum absolute atomic E-state index is 0. The molecule has 0 spiro atoms. The van der Waals surface area contributed by atoms with Crippen molar-refractivity contribution in [2.45, 2.75) is 25.8 Å². The van der Waals surface area contributed by atoms with Crippen molar-refractivity contribution < 1.29 is 27.8 Å². The van der Waals surface area contributed by atoms with E-state index in [1.807, 2.05) is 0 Å². The SMILES string of the molecule is CCOC(=O)C(F)(F)[C@@H](N)c1cccc(OC(C)=O)c1.Cl. The standard InChI is InChI=1S/C13H15F2NO4.ClH/c1-3-19-12(18)13(14,15)11(16)9-5-4-6-10(7-9)20-8(2)17;/h4-7,11H,3,16H2,1-2H3;1H/t11-;/m0./s1. The third-order valence-corrected chi connectivity index (χ3v) is 2.42. The number of nitrogens with two attached hydrogens (primary N) is 1. The molecule has 21 heavy (non-hydrogen) atoms. The molecule has 0 aromatic heterocycles. The van der Waals surface area contributed by atoms with Crippen LogP contribution in [0, 0.1) is 0 Å². The lowest BCUT2D eigenvalue weighted by Crippen LogP contribution is -2.41. The molecule has 0 aliphatic carbocycles. The maximum Gasteiger partial charge on any atom is 0.379 e. The molecular weight excluding hydrogens is 308 g/mol. The fourth-order valence-corrected chi connectivity index (χ4v) is 1.50. The van der Waals surface area contributed by atoms with Gasteiger partial charge < -0.3 is 15.2 Å². The van der Waals surface area contributed by atoms with E-state index < -0.39 is 23.9 Å². The van der Waals surface area contributed by atoms with Crippen molar-refractivity contribution >= 4 is 24.3 Å². The second-order valence-electron chi connectivity index (χ2n) is 3.99. The van der Waals surface area contributed by atoms with Gasteiger partial charge in [-0.15, -0.1) is 12.4 Å². The Morgan fingerprint density at radius 2 is 2.00 bits per heavy atom. The molecule has 118 valence electrons. The highest BCUT2D eigenvalue weighted by atomic mass is 35.5. The van der Waals surface area contributed by atoms with Gasteiger partial charge in [-0.1, -0.05) is 12.1 Å². The van der Waals surface area contributed by atoms with E-state index in [4.69, 9.17) is 10.5 Å². The zero-order valence-corrected chi connectivity index (χ0v) is 12.3. The summed E-state index contributed by atoms with van der Waals surface area (Å²) in [6.07, 6.45) is 0. The largest absolute Gasteiger partial charge is 0.462 e. The van der Waals surface area contributed by atoms with E-state index in [0.717, 1.165) is 0 Å². The van der Waals surface area contributed by atoms with Gasteiger partial charge in [0.2, 0.25) is 0 Å². The average molecular weight is 324 g/mol. The van der Waals surface area contributed by atoms with Crippen LogP contribution in [0.2, 0.25) is 0 Å². The Bertz CT molecular complexity index is 511. The van der Waals surface area contributed by atoms with Crippen molar-refractivity contribution in [3.8, 4) is 5.75 Å². The summed E-state index contributed by atoms with van der Waals surface area (Å²) in [5, 5.41) is 0. The van der Waals surface area contributed by atoms with Crippen molar-refractivity contribution in [1.29, 1.82) is 0 Å². The lowest BCUT2D eigenvalue weighted by Gasteiger charge is -2.22. The molecule has 1 aromatic carbocycles. The summed E-state index contributed by atoms with van der Waals surface area (Å²) in [4.78, 5) is 22.0. The zero-order valence-electron chi connectivity index (χ0n) is 11.5. The monoisotopic (exact) mass is 323 g/mol. The van der Waals surface area contributed by atoms with Gasteiger partial charge in [-0.25, -0.2) is 4.79 Å². The van der Waals surface area contributed by atoms with Gasteiger partial charge in [0.25, 0.3) is 0 Å². The minimum Gasteiger partial charge on any atom is -0.462 e. The number of ether oxygens (including phenoxy) is 2. The maximum absolute atomic E-state index is 13.8. The third kappa shape index (κ3) is 4.95. The summed E-state index contributed by atoms with van der Waals surface area (Å²) in [6.45, 7) is 2.43. The minimum atomic E-state index is -3.87. The maximum atomic E-state index is 13.8. The Morgan fingerprint density at radius 1 is 1.38 bits per heavy atom. The van der Waals surface area contributed by atoms with Crippen molar-refractivity contribution in [3.05, 3.63) is 29.8 Å². The van der Waals surface area contributed by atoms with Crippen LogP contribution >= 0.6 is 12.4 Å². The first-order valence-electron chi connectivity index (χ1n) is 5.88. The van der Waals surface area contributed by atoms with Crippen LogP contribution in [0.3, 0.4) is 0 Å². The molecule has 0 fully saturated rings. The van der Waals surface area contributed by atoms with Crippen LogP contribution in [0.15, 0.2) is 24.3 Å². The van der Waals surface area contributed by atoms with E-state index in [1.54, 1.807) is 0 Å². The molecule has 5 nitrogen and oxygen atoms in total. The first kappa shape index (κ1) is 19.3. The lowest BCUT2D eigenvalue weighted by molar-refractivity contribution is -0.174. The van der Waals surface area contributed by atoms with Crippen molar-refractivity contribution in [2.75, 3.05) is 6.61 Å². The van der Waals surface area contributed by atoms with Crippen LogP contribution in [0.5, 0.6) is 5.75 Å². The molecule has 0 aliphatic rings. The van der Waals surface area contributed by atoms with Gasteiger partial charge in [0.15, 0.2) is 0 Å². The predicted molar refractivity (Wildman–Crippen MR) is 73.5 cm³/mol. The van der Waals surface area contributed by atoms with Gasteiger partial charge in [-0.05, 0) is 24.6 Å². The van der Waals surface area contributed by atoms with Gasteiger partial charge >= 0.3 is 17.9 Å². The van der Waals surface area contributed by atoms with Gasteiger partial charge in [0.05, 0.1) is 6.61 Å². The number of carbonyl (C=O) groups is 2. The fraction of sp³-hybridized carbons (Fsp3) is 0.385. The van der Waals surface area contributed by atoms with Crippen LogP contribution in [0.25, 0.3) is 0 Å². The van der Waals surface area contributed by atoms with E-state index in [1.165, 1.54) is 38.1 Å². The summed E-state index contributed by atoms with van der Waals surface area (Å²) < 4.78 is 36.6. The number of esters is 2. The number of hydrogen-bond acceptors (Lipinski definition) is 5. The number of benzene rings is 1. The molecule has 0 aliphatic heterocycles. The Balaban J connectivity index is 0.00000400. The van der Waals surface area contributed by atoms with Crippen molar-refractivity contribution in [1.82, 2.24) is 0 Å². The van der Waals surface area contributed by atoms with E-state index in [2.05, 4.69) is 4.74 Å². The molecule has 8 heteroatoms. The first-order valence-corrected chi connectivity index (χ1v) is 5.88. The molecule has 0 unspecified atom stereocenters. The van der Waals surface area contributed by atoms with E-state index in [-0.39, 0.29) is 30.3 Å². The van der Waals surface area contributed by atoms with Gasteiger partial charge in [0.1, 0.15) is 11.8 Å². The van der Waals surface area contributed by atoms with E-state index in [0.29, 0.717) is 0 Å². The number of alkyl halides is 2. The molecule has 1 rings (SSSR count).